The summed E-state index contributed by atoms with van der Waals surface area (Å²) in [4.78, 5) is 0. The van der Waals surface area contributed by atoms with Crippen LogP contribution >= 0.6 is 38.9 Å². The molecule has 0 radical (unpaired) electrons. The fourth-order valence-corrected chi connectivity index (χ4v) is 3.58. The highest BCUT2D eigenvalue weighted by Gasteiger charge is 2.15. The molecule has 0 bridgehead atoms. The predicted molar refractivity (Wildman–Crippen MR) is 90.0 cm³/mol. The van der Waals surface area contributed by atoms with Crippen LogP contribution in [0.25, 0.3) is 0 Å². The number of halogens is 2. The third-order valence-corrected chi connectivity index (χ3v) is 4.89. The van der Waals surface area contributed by atoms with Crippen LogP contribution in [-0.4, -0.2) is 13.2 Å². The summed E-state index contributed by atoms with van der Waals surface area (Å²) in [6, 6.07) is 7.65. The summed E-state index contributed by atoms with van der Waals surface area (Å²) in [5, 5.41) is 8.49. The van der Waals surface area contributed by atoms with Crippen LogP contribution in [0.2, 0.25) is 5.02 Å². The number of rotatable bonds is 7. The number of ether oxygens (including phenoxy) is 1. The predicted octanol–water partition coefficient (Wildman–Crippen LogP) is 5.28. The molecule has 1 heterocycles. The Bertz CT molecular complexity index is 529. The summed E-state index contributed by atoms with van der Waals surface area (Å²) in [5.41, 5.74) is 1.25. The molecule has 20 heavy (non-hydrogen) atoms. The zero-order valence-electron chi connectivity index (χ0n) is 11.2. The van der Waals surface area contributed by atoms with Crippen LogP contribution in [-0.2, 0) is 0 Å². The average Bonchev–Trinajstić information content (AvgIpc) is 2.87. The molecule has 2 nitrogen and oxygen atoms in total. The van der Waals surface area contributed by atoms with Crippen molar-refractivity contribution in [3.05, 3.63) is 50.1 Å². The number of thiophene rings is 1. The van der Waals surface area contributed by atoms with Crippen molar-refractivity contribution in [3.63, 3.8) is 0 Å². The van der Waals surface area contributed by atoms with Gasteiger partial charge < -0.3 is 10.1 Å². The van der Waals surface area contributed by atoms with Crippen molar-refractivity contribution in [2.24, 2.45) is 0 Å². The highest BCUT2D eigenvalue weighted by Crippen LogP contribution is 2.28. The molecule has 0 fully saturated rings. The topological polar surface area (TPSA) is 21.3 Å². The van der Waals surface area contributed by atoms with Crippen LogP contribution in [0.1, 0.15) is 24.9 Å². The first kappa shape index (κ1) is 15.8. The fraction of sp³-hybridized carbons (Fsp3) is 0.333. The molecule has 0 aliphatic heterocycles. The minimum Gasteiger partial charge on any atom is -0.492 e. The first-order valence-corrected chi connectivity index (χ1v) is 8.65. The molecule has 2 rings (SSSR count). The molecule has 1 aromatic heterocycles. The van der Waals surface area contributed by atoms with Gasteiger partial charge in [-0.15, -0.1) is 0 Å². The summed E-state index contributed by atoms with van der Waals surface area (Å²) >= 11 is 11.2. The molecule has 0 aliphatic carbocycles. The quantitative estimate of drug-likeness (QED) is 0.711. The number of nitrogens with one attached hydrogen (secondary N) is 1. The van der Waals surface area contributed by atoms with Crippen LogP contribution in [0, 0.1) is 0 Å². The number of hydrogen-bond donors (Lipinski definition) is 1. The molecule has 1 unspecified atom stereocenters. The smallest absolute Gasteiger partial charge is 0.119 e. The summed E-state index contributed by atoms with van der Waals surface area (Å²) < 4.78 is 7.00. The van der Waals surface area contributed by atoms with Gasteiger partial charge in [0.05, 0.1) is 6.04 Å². The molecule has 2 aromatic rings. The Morgan fingerprint density at radius 3 is 2.65 bits per heavy atom. The maximum Gasteiger partial charge on any atom is 0.119 e. The second kappa shape index (κ2) is 8.03. The van der Waals surface area contributed by atoms with Crippen molar-refractivity contribution in [1.29, 1.82) is 0 Å². The lowest BCUT2D eigenvalue weighted by atomic mass is 10.1. The van der Waals surface area contributed by atoms with Gasteiger partial charge in [-0.2, -0.15) is 11.3 Å². The van der Waals surface area contributed by atoms with E-state index in [1.54, 1.807) is 11.3 Å². The first-order valence-electron chi connectivity index (χ1n) is 6.54. The Labute approximate surface area is 137 Å². The summed E-state index contributed by atoms with van der Waals surface area (Å²) in [6.07, 6.45) is 1.10. The Hall–Kier alpha value is -0.550. The van der Waals surface area contributed by atoms with Gasteiger partial charge in [-0.3, -0.25) is 0 Å². The van der Waals surface area contributed by atoms with Gasteiger partial charge in [0.2, 0.25) is 0 Å². The van der Waals surface area contributed by atoms with E-state index < -0.39 is 0 Å². The standard InChI is InChI=1S/C15H17BrClNOS/c1-2-7-18-15(13-9-20-10-14(13)16)8-19-12-5-3-11(17)4-6-12/h3-6,9-10,15,18H,2,7-8H2,1H3. The molecule has 0 aliphatic rings. The molecule has 0 amide bonds. The molecule has 1 atom stereocenters. The Kier molecular flexibility index (Phi) is 6.36. The van der Waals surface area contributed by atoms with Gasteiger partial charge in [-0.05, 0) is 64.1 Å². The average molecular weight is 375 g/mol. The molecular formula is C15H17BrClNOS. The molecule has 0 saturated heterocycles. The van der Waals surface area contributed by atoms with Crippen molar-refractivity contribution in [2.75, 3.05) is 13.2 Å². The van der Waals surface area contributed by atoms with Gasteiger partial charge in [0, 0.05) is 14.9 Å². The van der Waals surface area contributed by atoms with E-state index in [4.69, 9.17) is 16.3 Å². The zero-order chi connectivity index (χ0) is 14.4. The Morgan fingerprint density at radius 1 is 1.30 bits per heavy atom. The van der Waals surface area contributed by atoms with E-state index in [2.05, 4.69) is 38.9 Å². The normalized spacial score (nSPS) is 12.3. The Morgan fingerprint density at radius 2 is 2.05 bits per heavy atom. The van der Waals surface area contributed by atoms with Crippen molar-refractivity contribution in [2.45, 2.75) is 19.4 Å². The second-order valence-corrected chi connectivity index (χ2v) is 6.48. The van der Waals surface area contributed by atoms with Crippen molar-refractivity contribution in [1.82, 2.24) is 5.32 Å². The van der Waals surface area contributed by atoms with Gasteiger partial charge >= 0.3 is 0 Å². The number of hydrogen-bond acceptors (Lipinski definition) is 3. The first-order chi connectivity index (χ1) is 9.70. The minimum absolute atomic E-state index is 0.186. The van der Waals surface area contributed by atoms with Gasteiger partial charge in [0.1, 0.15) is 12.4 Å². The maximum atomic E-state index is 5.87. The van der Waals surface area contributed by atoms with Crippen LogP contribution in [0.4, 0.5) is 0 Å². The summed E-state index contributed by atoms with van der Waals surface area (Å²) in [7, 11) is 0. The largest absolute Gasteiger partial charge is 0.492 e. The van der Waals surface area contributed by atoms with Crippen LogP contribution < -0.4 is 10.1 Å². The molecule has 0 spiro atoms. The lowest BCUT2D eigenvalue weighted by Crippen LogP contribution is -2.27. The van der Waals surface area contributed by atoms with Crippen LogP contribution in [0.15, 0.2) is 39.5 Å². The lowest BCUT2D eigenvalue weighted by Gasteiger charge is -2.19. The van der Waals surface area contributed by atoms with Gasteiger partial charge in [0.15, 0.2) is 0 Å². The highest BCUT2D eigenvalue weighted by atomic mass is 79.9. The SMILES string of the molecule is CCCNC(COc1ccc(Cl)cc1)c1cscc1Br. The van der Waals surface area contributed by atoms with Crippen molar-refractivity contribution in [3.8, 4) is 5.75 Å². The highest BCUT2D eigenvalue weighted by molar-refractivity contribution is 9.10. The molecule has 5 heteroatoms. The van der Waals surface area contributed by atoms with Gasteiger partial charge in [-0.25, -0.2) is 0 Å². The van der Waals surface area contributed by atoms with E-state index in [0.717, 1.165) is 28.2 Å². The van der Waals surface area contributed by atoms with Gasteiger partial charge in [0.25, 0.3) is 0 Å². The molecule has 1 aromatic carbocycles. The summed E-state index contributed by atoms with van der Waals surface area (Å²) in [6.45, 7) is 3.72. The second-order valence-electron chi connectivity index (χ2n) is 4.45. The lowest BCUT2D eigenvalue weighted by molar-refractivity contribution is 0.266. The van der Waals surface area contributed by atoms with Crippen LogP contribution in [0.5, 0.6) is 5.75 Å². The Balaban J connectivity index is 2.01. The fourth-order valence-electron chi connectivity index (χ4n) is 1.83. The summed E-state index contributed by atoms with van der Waals surface area (Å²) in [5.74, 6) is 0.837. The van der Waals surface area contributed by atoms with E-state index in [1.807, 2.05) is 24.3 Å². The van der Waals surface area contributed by atoms with E-state index in [-0.39, 0.29) is 6.04 Å². The third-order valence-electron chi connectivity index (χ3n) is 2.89. The van der Waals surface area contributed by atoms with E-state index >= 15 is 0 Å². The molecule has 1 N–H and O–H groups in total. The van der Waals surface area contributed by atoms with Gasteiger partial charge in [-0.1, -0.05) is 18.5 Å². The molecule has 108 valence electrons. The monoisotopic (exact) mass is 373 g/mol. The van der Waals surface area contributed by atoms with Crippen molar-refractivity contribution >= 4 is 38.9 Å². The molecule has 0 saturated carbocycles. The third kappa shape index (κ3) is 4.48. The van der Waals surface area contributed by atoms with E-state index in [1.165, 1.54) is 5.56 Å². The van der Waals surface area contributed by atoms with E-state index in [0.29, 0.717) is 6.61 Å². The zero-order valence-corrected chi connectivity index (χ0v) is 14.4. The van der Waals surface area contributed by atoms with E-state index in [9.17, 15) is 0 Å². The maximum absolute atomic E-state index is 5.87. The number of benzene rings is 1. The van der Waals surface area contributed by atoms with Crippen molar-refractivity contribution < 1.29 is 4.74 Å². The molecular weight excluding hydrogens is 358 g/mol. The minimum atomic E-state index is 0.186. The van der Waals surface area contributed by atoms with Crippen LogP contribution in [0.3, 0.4) is 0 Å².